The van der Waals surface area contributed by atoms with Crippen LogP contribution in [0.15, 0.2) is 29.1 Å². The summed E-state index contributed by atoms with van der Waals surface area (Å²) in [6.45, 7) is 4.30. The molecule has 3 aliphatic carbocycles. The quantitative estimate of drug-likeness (QED) is 0.782. The highest BCUT2D eigenvalue weighted by Gasteiger charge is 2.46. The number of fused-ring (bicyclic) bond motifs is 1. The van der Waals surface area contributed by atoms with Crippen LogP contribution in [0.4, 0.5) is 5.69 Å². The molecule has 0 bridgehead atoms. The van der Waals surface area contributed by atoms with Crippen molar-refractivity contribution in [1.82, 2.24) is 14.9 Å². The molecule has 5 nitrogen and oxygen atoms in total. The van der Waals surface area contributed by atoms with E-state index in [1.165, 1.54) is 31.4 Å². The van der Waals surface area contributed by atoms with Crippen LogP contribution in [0.25, 0.3) is 0 Å². The Morgan fingerprint density at radius 1 is 1.03 bits per heavy atom. The van der Waals surface area contributed by atoms with E-state index in [0.717, 1.165) is 74.0 Å². The third kappa shape index (κ3) is 3.80. The van der Waals surface area contributed by atoms with E-state index in [2.05, 4.69) is 26.9 Å². The second kappa shape index (κ2) is 7.63. The number of hydrogen-bond acceptors (Lipinski definition) is 4. The van der Waals surface area contributed by atoms with Crippen molar-refractivity contribution in [2.75, 3.05) is 31.1 Å². The van der Waals surface area contributed by atoms with Crippen molar-refractivity contribution in [3.05, 3.63) is 56.7 Å². The van der Waals surface area contributed by atoms with Gasteiger partial charge in [-0.15, -0.1) is 0 Å². The van der Waals surface area contributed by atoms with E-state index in [1.807, 2.05) is 12.1 Å². The van der Waals surface area contributed by atoms with E-state index in [4.69, 9.17) is 16.6 Å². The number of anilines is 1. The van der Waals surface area contributed by atoms with Crippen molar-refractivity contribution in [2.24, 2.45) is 5.41 Å². The molecule has 1 aliphatic heterocycles. The van der Waals surface area contributed by atoms with Crippen molar-refractivity contribution in [3.63, 3.8) is 0 Å². The van der Waals surface area contributed by atoms with Crippen molar-refractivity contribution >= 4 is 17.3 Å². The lowest BCUT2D eigenvalue weighted by Crippen LogP contribution is -2.49. The fraction of sp³-hybridized carbons (Fsp3) is 0.600. The predicted octanol–water partition coefficient (Wildman–Crippen LogP) is 4.15. The fourth-order valence-corrected chi connectivity index (χ4v) is 6.26. The Morgan fingerprint density at radius 3 is 2.55 bits per heavy atom. The van der Waals surface area contributed by atoms with Gasteiger partial charge in [-0.05, 0) is 81.0 Å². The number of benzene rings is 1. The average Bonchev–Trinajstić information content (AvgIpc) is 3.35. The maximum Gasteiger partial charge on any atom is 0.254 e. The second-order valence-electron chi connectivity index (χ2n) is 10.2. The Hall–Kier alpha value is -1.85. The SMILES string of the molecule is O=c1[nH]c([C@H]2CC[C@@H](N3CCN(c4ccc(Cl)cc4)CC3)C2)nc2c1CC1(CC2)CC1. The summed E-state index contributed by atoms with van der Waals surface area (Å²) in [5, 5.41) is 0.792. The van der Waals surface area contributed by atoms with Crippen LogP contribution in [0.2, 0.25) is 5.02 Å². The van der Waals surface area contributed by atoms with E-state index >= 15 is 0 Å². The van der Waals surface area contributed by atoms with Gasteiger partial charge in [0.1, 0.15) is 5.82 Å². The lowest BCUT2D eigenvalue weighted by Gasteiger charge is -2.39. The summed E-state index contributed by atoms with van der Waals surface area (Å²) in [6.07, 6.45) is 9.22. The Kier molecular flexibility index (Phi) is 4.87. The fourth-order valence-electron chi connectivity index (χ4n) is 6.13. The molecule has 0 radical (unpaired) electrons. The summed E-state index contributed by atoms with van der Waals surface area (Å²) in [7, 11) is 0. The maximum atomic E-state index is 12.8. The van der Waals surface area contributed by atoms with E-state index in [1.54, 1.807) is 0 Å². The highest BCUT2D eigenvalue weighted by molar-refractivity contribution is 6.30. The molecule has 2 atom stereocenters. The van der Waals surface area contributed by atoms with Crippen LogP contribution in [0.3, 0.4) is 0 Å². The molecular weight excluding hydrogens is 408 g/mol. The Morgan fingerprint density at radius 2 is 1.81 bits per heavy atom. The molecule has 0 amide bonds. The van der Waals surface area contributed by atoms with Crippen LogP contribution in [0, 0.1) is 5.41 Å². The summed E-state index contributed by atoms with van der Waals surface area (Å²) >= 11 is 6.03. The zero-order valence-electron chi connectivity index (χ0n) is 18.1. The van der Waals surface area contributed by atoms with Gasteiger partial charge in [-0.3, -0.25) is 9.69 Å². The molecule has 2 saturated carbocycles. The summed E-state index contributed by atoms with van der Waals surface area (Å²) in [4.78, 5) is 26.1. The van der Waals surface area contributed by atoms with Gasteiger partial charge in [-0.2, -0.15) is 0 Å². The lowest BCUT2D eigenvalue weighted by atomic mass is 9.84. The highest BCUT2D eigenvalue weighted by Crippen LogP contribution is 2.54. The first-order valence-electron chi connectivity index (χ1n) is 12.0. The Balaban J connectivity index is 1.09. The number of nitrogens with one attached hydrogen (secondary N) is 1. The molecule has 1 aromatic carbocycles. The van der Waals surface area contributed by atoms with Gasteiger partial charge in [-0.1, -0.05) is 11.6 Å². The zero-order valence-corrected chi connectivity index (χ0v) is 18.8. The smallest absolute Gasteiger partial charge is 0.254 e. The van der Waals surface area contributed by atoms with Crippen molar-refractivity contribution in [1.29, 1.82) is 0 Å². The molecule has 31 heavy (non-hydrogen) atoms. The number of rotatable bonds is 3. The van der Waals surface area contributed by atoms with Crippen molar-refractivity contribution in [2.45, 2.75) is 63.3 Å². The number of piperazine rings is 1. The first-order chi connectivity index (χ1) is 15.1. The third-order valence-electron chi connectivity index (χ3n) is 8.33. The minimum Gasteiger partial charge on any atom is -0.369 e. The number of aryl methyl sites for hydroxylation is 1. The number of H-pyrrole nitrogens is 1. The van der Waals surface area contributed by atoms with Gasteiger partial charge in [0, 0.05) is 54.4 Å². The number of nitrogens with zero attached hydrogens (tertiary/aromatic N) is 3. The van der Waals surface area contributed by atoms with Crippen LogP contribution < -0.4 is 10.5 Å². The molecule has 2 aromatic rings. The average molecular weight is 439 g/mol. The van der Waals surface area contributed by atoms with Gasteiger partial charge in [0.25, 0.3) is 5.56 Å². The van der Waals surface area contributed by atoms with Gasteiger partial charge in [0.05, 0.1) is 5.69 Å². The number of aromatic amines is 1. The van der Waals surface area contributed by atoms with Crippen LogP contribution in [0.5, 0.6) is 0 Å². The maximum absolute atomic E-state index is 12.8. The van der Waals surface area contributed by atoms with E-state index in [-0.39, 0.29) is 5.56 Å². The van der Waals surface area contributed by atoms with Gasteiger partial charge >= 0.3 is 0 Å². The van der Waals surface area contributed by atoms with Crippen LogP contribution in [-0.2, 0) is 12.8 Å². The molecule has 1 aromatic heterocycles. The van der Waals surface area contributed by atoms with Crippen molar-refractivity contribution in [3.8, 4) is 0 Å². The topological polar surface area (TPSA) is 52.2 Å². The summed E-state index contributed by atoms with van der Waals surface area (Å²) in [5.41, 5.74) is 3.94. The lowest BCUT2D eigenvalue weighted by molar-refractivity contribution is 0.186. The molecule has 3 fully saturated rings. The molecule has 1 N–H and O–H groups in total. The first-order valence-corrected chi connectivity index (χ1v) is 12.3. The molecule has 0 unspecified atom stereocenters. The molecule has 1 saturated heterocycles. The first kappa shape index (κ1) is 19.8. The van der Waals surface area contributed by atoms with E-state index in [9.17, 15) is 4.79 Å². The largest absolute Gasteiger partial charge is 0.369 e. The van der Waals surface area contributed by atoms with E-state index < -0.39 is 0 Å². The molecular formula is C25H31ClN4O. The predicted molar refractivity (Wildman–Crippen MR) is 124 cm³/mol. The third-order valence-corrected chi connectivity index (χ3v) is 8.59. The van der Waals surface area contributed by atoms with Crippen LogP contribution >= 0.6 is 11.6 Å². The minimum absolute atomic E-state index is 0.144. The molecule has 6 heteroatoms. The second-order valence-corrected chi connectivity index (χ2v) is 10.7. The van der Waals surface area contributed by atoms with Gasteiger partial charge < -0.3 is 9.88 Å². The standard InChI is InChI=1S/C25H31ClN4O/c26-18-2-5-19(6-3-18)29-11-13-30(14-12-29)20-4-1-17(15-20)23-27-22-7-8-25(9-10-25)16-21(22)24(31)28-23/h2-3,5-6,17,20H,1,4,7-16H2,(H,27,28,31)/t17-,20+/m0/s1. The van der Waals surface area contributed by atoms with E-state index in [0.29, 0.717) is 17.4 Å². The normalized spacial score (nSPS) is 27.5. The number of hydrogen-bond donors (Lipinski definition) is 1. The van der Waals surface area contributed by atoms with Gasteiger partial charge in [0.2, 0.25) is 0 Å². The molecule has 2 heterocycles. The van der Waals surface area contributed by atoms with Crippen molar-refractivity contribution < 1.29 is 0 Å². The Bertz CT molecular complexity index is 1020. The molecule has 4 aliphatic rings. The van der Waals surface area contributed by atoms with Gasteiger partial charge in [0.15, 0.2) is 0 Å². The summed E-state index contributed by atoms with van der Waals surface area (Å²) in [5.74, 6) is 1.35. The zero-order chi connectivity index (χ0) is 21.0. The summed E-state index contributed by atoms with van der Waals surface area (Å²) < 4.78 is 0. The Labute approximate surface area is 188 Å². The van der Waals surface area contributed by atoms with Crippen LogP contribution in [0.1, 0.15) is 61.5 Å². The molecule has 6 rings (SSSR count). The molecule has 164 valence electrons. The highest BCUT2D eigenvalue weighted by atomic mass is 35.5. The minimum atomic E-state index is 0.144. The summed E-state index contributed by atoms with van der Waals surface area (Å²) in [6, 6.07) is 8.79. The number of halogens is 1. The molecule has 1 spiro atoms. The monoisotopic (exact) mass is 438 g/mol. The van der Waals surface area contributed by atoms with Crippen LogP contribution in [-0.4, -0.2) is 47.1 Å². The number of aromatic nitrogens is 2. The van der Waals surface area contributed by atoms with Gasteiger partial charge in [-0.25, -0.2) is 4.98 Å².